The van der Waals surface area contributed by atoms with Crippen LogP contribution in [0.2, 0.25) is 0 Å². The lowest BCUT2D eigenvalue weighted by molar-refractivity contribution is -0.142. The lowest BCUT2D eigenvalue weighted by atomic mass is 9.53. The molecule has 33 heavy (non-hydrogen) atoms. The van der Waals surface area contributed by atoms with Gasteiger partial charge in [-0.3, -0.25) is 9.59 Å². The minimum absolute atomic E-state index is 0.0113. The Balaban J connectivity index is 1.81. The summed E-state index contributed by atoms with van der Waals surface area (Å²) in [6.07, 6.45) is 7.82. The van der Waals surface area contributed by atoms with Gasteiger partial charge < -0.3 is 15.3 Å². The molecule has 182 valence electrons. The number of amides is 2. The molecule has 0 aromatic carbocycles. The van der Waals surface area contributed by atoms with Crippen LogP contribution in [-0.2, 0) is 16.0 Å². The lowest BCUT2D eigenvalue weighted by Crippen LogP contribution is -2.53. The van der Waals surface area contributed by atoms with Crippen LogP contribution in [-0.4, -0.2) is 46.5 Å². The zero-order valence-corrected chi connectivity index (χ0v) is 21.9. The minimum atomic E-state index is -0.592. The highest BCUT2D eigenvalue weighted by Gasteiger charge is 2.54. The average Bonchev–Trinajstić information content (AvgIpc) is 3.07. The number of aromatic nitrogens is 1. The number of rotatable bonds is 5. The summed E-state index contributed by atoms with van der Waals surface area (Å²) in [5, 5.41) is 15.2. The predicted molar refractivity (Wildman–Crippen MR) is 133 cm³/mol. The van der Waals surface area contributed by atoms with Crippen LogP contribution < -0.4 is 5.32 Å². The van der Waals surface area contributed by atoms with E-state index in [1.54, 1.807) is 23.3 Å². The maximum Gasteiger partial charge on any atom is 0.226 e. The molecule has 2 aliphatic carbocycles. The number of fused-ring (bicyclic) bond motifs is 2. The van der Waals surface area contributed by atoms with Crippen LogP contribution in [0.25, 0.3) is 0 Å². The Labute approximate surface area is 202 Å². The fraction of sp³-hybridized carbons (Fsp3) is 0.731. The number of nitrogens with zero attached hydrogens (tertiary/aromatic N) is 2. The molecule has 6 atom stereocenters. The van der Waals surface area contributed by atoms with Gasteiger partial charge in [-0.25, -0.2) is 4.98 Å². The van der Waals surface area contributed by atoms with Gasteiger partial charge in [-0.05, 0) is 41.9 Å². The molecule has 0 aliphatic heterocycles. The van der Waals surface area contributed by atoms with Gasteiger partial charge in [-0.2, -0.15) is 0 Å². The fourth-order valence-corrected chi connectivity index (χ4v) is 7.27. The molecule has 0 radical (unpaired) electrons. The molecule has 2 aliphatic rings. The molecule has 0 bridgehead atoms. The van der Waals surface area contributed by atoms with E-state index in [9.17, 15) is 14.7 Å². The summed E-state index contributed by atoms with van der Waals surface area (Å²) in [6.45, 7) is 12.7. The van der Waals surface area contributed by atoms with Crippen molar-refractivity contribution in [3.05, 3.63) is 10.6 Å². The van der Waals surface area contributed by atoms with E-state index >= 15 is 0 Å². The molecule has 1 aromatic heterocycles. The summed E-state index contributed by atoms with van der Waals surface area (Å²) >= 11 is 1.57. The van der Waals surface area contributed by atoms with Crippen molar-refractivity contribution in [1.29, 1.82) is 0 Å². The van der Waals surface area contributed by atoms with Crippen LogP contribution in [0.1, 0.15) is 77.3 Å². The van der Waals surface area contributed by atoms with Gasteiger partial charge in [0.05, 0.1) is 18.3 Å². The topological polar surface area (TPSA) is 82.5 Å². The van der Waals surface area contributed by atoms with Gasteiger partial charge in [0.25, 0.3) is 0 Å². The number of terminal acetylenes is 1. The third kappa shape index (κ3) is 5.27. The van der Waals surface area contributed by atoms with E-state index in [-0.39, 0.29) is 52.9 Å². The summed E-state index contributed by atoms with van der Waals surface area (Å²) < 4.78 is 0. The number of aliphatic hydroxyl groups excluding tert-OH is 1. The van der Waals surface area contributed by atoms with Crippen LogP contribution in [0, 0.1) is 40.9 Å². The zero-order valence-electron chi connectivity index (χ0n) is 21.1. The number of hydrogen-bond acceptors (Lipinski definition) is 5. The second-order valence-corrected chi connectivity index (χ2v) is 12.7. The highest BCUT2D eigenvalue weighted by atomic mass is 32.1. The van der Waals surface area contributed by atoms with Crippen molar-refractivity contribution in [2.45, 2.75) is 79.2 Å². The van der Waals surface area contributed by atoms with Crippen molar-refractivity contribution >= 4 is 28.3 Å². The van der Waals surface area contributed by atoms with Crippen molar-refractivity contribution < 1.29 is 14.7 Å². The normalized spacial score (nSPS) is 29.9. The smallest absolute Gasteiger partial charge is 0.226 e. The van der Waals surface area contributed by atoms with Crippen molar-refractivity contribution in [3.63, 3.8) is 0 Å². The Bertz CT molecular complexity index is 944. The second kappa shape index (κ2) is 9.38. The Morgan fingerprint density at radius 1 is 1.42 bits per heavy atom. The summed E-state index contributed by atoms with van der Waals surface area (Å²) in [6, 6.07) is 0. The molecule has 0 unspecified atom stereocenters. The second-order valence-electron chi connectivity index (χ2n) is 11.6. The standard InChI is InChI=1S/C26H39N3O3S/c1-9-12-29(8)23(32)15(2)17-10-11-26(7)13-18-21(16(3)20(26)22(17)31)28-24(33-18)27-19(30)14-25(4,5)6/h1,15-17,20,22,31H,10-14H2,2-8H3,(H,27,28,30)/t15-,16-,17+,20+,22-,26+/m0/s1. The number of nitrogens with one attached hydrogen (secondary N) is 1. The first-order chi connectivity index (χ1) is 15.3. The van der Waals surface area contributed by atoms with Crippen LogP contribution in [0.5, 0.6) is 0 Å². The molecule has 0 spiro atoms. The number of hydrogen-bond donors (Lipinski definition) is 2. The van der Waals surface area contributed by atoms with Gasteiger partial charge >= 0.3 is 0 Å². The van der Waals surface area contributed by atoms with E-state index in [2.05, 4.69) is 25.1 Å². The molecule has 7 heteroatoms. The Kier molecular flexibility index (Phi) is 7.31. The Morgan fingerprint density at radius 2 is 2.09 bits per heavy atom. The number of carbonyl (C=O) groups excluding carboxylic acids is 2. The zero-order chi connectivity index (χ0) is 24.7. The van der Waals surface area contributed by atoms with E-state index < -0.39 is 6.10 Å². The largest absolute Gasteiger partial charge is 0.392 e. The summed E-state index contributed by atoms with van der Waals surface area (Å²) in [5.41, 5.74) is 0.837. The van der Waals surface area contributed by atoms with Crippen molar-refractivity contribution in [1.82, 2.24) is 9.88 Å². The van der Waals surface area contributed by atoms with Crippen LogP contribution in [0.3, 0.4) is 0 Å². The van der Waals surface area contributed by atoms with Crippen LogP contribution >= 0.6 is 11.3 Å². The molecule has 2 N–H and O–H groups in total. The third-order valence-electron chi connectivity index (χ3n) is 7.60. The molecule has 0 saturated heterocycles. The molecule has 1 saturated carbocycles. The van der Waals surface area contributed by atoms with Crippen molar-refractivity contribution in [3.8, 4) is 12.3 Å². The number of aliphatic hydroxyl groups is 1. The van der Waals surface area contributed by atoms with E-state index in [1.165, 1.54) is 4.88 Å². The van der Waals surface area contributed by atoms with E-state index in [0.717, 1.165) is 25.0 Å². The molecule has 1 fully saturated rings. The van der Waals surface area contributed by atoms with Gasteiger partial charge in [-0.15, -0.1) is 17.8 Å². The van der Waals surface area contributed by atoms with Gasteiger partial charge in [0.2, 0.25) is 11.8 Å². The van der Waals surface area contributed by atoms with E-state index in [4.69, 9.17) is 11.4 Å². The lowest BCUT2D eigenvalue weighted by Gasteiger charge is -2.53. The Morgan fingerprint density at radius 3 is 2.70 bits per heavy atom. The summed E-state index contributed by atoms with van der Waals surface area (Å²) in [5.74, 6) is 2.15. The maximum absolute atomic E-state index is 12.9. The molecule has 1 aromatic rings. The maximum atomic E-state index is 12.9. The summed E-state index contributed by atoms with van der Waals surface area (Å²) in [7, 11) is 1.72. The molecular weight excluding hydrogens is 434 g/mol. The van der Waals surface area contributed by atoms with Crippen LogP contribution in [0.15, 0.2) is 0 Å². The number of anilines is 1. The molecular formula is C26H39N3O3S. The molecule has 2 amide bonds. The SMILES string of the molecule is C#CCN(C)C(=O)[C@@H](C)[C@H]1CC[C@]2(C)Cc3sc(NC(=O)CC(C)(C)C)nc3[C@@H](C)[C@@H]2[C@H]1O. The van der Waals surface area contributed by atoms with E-state index in [1.807, 2.05) is 27.7 Å². The molecule has 3 rings (SSSR count). The quantitative estimate of drug-likeness (QED) is 0.625. The monoisotopic (exact) mass is 473 g/mol. The highest BCUT2D eigenvalue weighted by Crippen LogP contribution is 2.57. The van der Waals surface area contributed by atoms with Gasteiger partial charge in [-0.1, -0.05) is 47.5 Å². The van der Waals surface area contributed by atoms with Gasteiger partial charge in [0, 0.05) is 30.2 Å². The highest BCUT2D eigenvalue weighted by molar-refractivity contribution is 7.15. The van der Waals surface area contributed by atoms with E-state index in [0.29, 0.717) is 11.6 Å². The fourth-order valence-electron chi connectivity index (χ4n) is 5.99. The van der Waals surface area contributed by atoms with Crippen LogP contribution in [0.4, 0.5) is 5.13 Å². The van der Waals surface area contributed by atoms with Crippen molar-refractivity contribution in [2.24, 2.45) is 28.6 Å². The number of thiazole rings is 1. The first-order valence-corrected chi connectivity index (χ1v) is 12.7. The molecule has 1 heterocycles. The average molecular weight is 474 g/mol. The van der Waals surface area contributed by atoms with Gasteiger partial charge in [0.1, 0.15) is 0 Å². The third-order valence-corrected chi connectivity index (χ3v) is 8.58. The van der Waals surface area contributed by atoms with Gasteiger partial charge in [0.15, 0.2) is 5.13 Å². The number of carbonyl (C=O) groups is 2. The predicted octanol–water partition coefficient (Wildman–Crippen LogP) is 4.30. The first-order valence-electron chi connectivity index (χ1n) is 11.9. The first kappa shape index (κ1) is 25.7. The molecule has 6 nitrogen and oxygen atoms in total. The Hall–Kier alpha value is -1.91. The minimum Gasteiger partial charge on any atom is -0.392 e. The summed E-state index contributed by atoms with van der Waals surface area (Å²) in [4.78, 5) is 32.9. The van der Waals surface area contributed by atoms with Crippen molar-refractivity contribution in [2.75, 3.05) is 18.9 Å².